The Morgan fingerprint density at radius 2 is 1.82 bits per heavy atom. The molecule has 0 fully saturated rings. The topological polar surface area (TPSA) is 26.0 Å². The molecule has 1 nitrogen and oxygen atoms in total. The molecule has 0 rings (SSSR count). The molecule has 68 valence electrons. The van der Waals surface area contributed by atoms with Crippen molar-refractivity contribution in [1.82, 2.24) is 0 Å². The van der Waals surface area contributed by atoms with Crippen molar-refractivity contribution >= 4 is 0 Å². The van der Waals surface area contributed by atoms with Gasteiger partial charge in [-0.2, -0.15) is 0 Å². The molecule has 1 atom stereocenters. The van der Waals surface area contributed by atoms with E-state index in [1.807, 2.05) is 6.92 Å². The molecule has 0 saturated heterocycles. The zero-order chi connectivity index (χ0) is 8.91. The van der Waals surface area contributed by atoms with Crippen LogP contribution in [0.2, 0.25) is 0 Å². The summed E-state index contributed by atoms with van der Waals surface area (Å²) in [6, 6.07) is -0.951. The third kappa shape index (κ3) is 3.65. The van der Waals surface area contributed by atoms with E-state index in [0.717, 1.165) is 6.42 Å². The van der Waals surface area contributed by atoms with Crippen LogP contribution in [-0.2, 0) is 0 Å². The molecule has 0 spiro atoms. The molecule has 0 aliphatic carbocycles. The highest BCUT2D eigenvalue weighted by Crippen LogP contribution is 2.25. The number of hydrogen-bond acceptors (Lipinski definition) is 1. The minimum absolute atomic E-state index is 0.0891. The van der Waals surface area contributed by atoms with Gasteiger partial charge in [0.1, 0.15) is 0 Å². The molecule has 0 radical (unpaired) electrons. The standard InChI is InChI=1S/C8H17F2N/c1-3-5-7(11)8(9,10)6-4-2/h7H,3-6,11H2,1-2H3. The lowest BCUT2D eigenvalue weighted by atomic mass is 10.0. The Balaban J connectivity index is 3.83. The normalized spacial score (nSPS) is 15.0. The van der Waals surface area contributed by atoms with Gasteiger partial charge in [0.2, 0.25) is 0 Å². The second kappa shape index (κ2) is 4.65. The van der Waals surface area contributed by atoms with Gasteiger partial charge in [0.05, 0.1) is 6.04 Å². The minimum atomic E-state index is -2.66. The number of nitrogens with two attached hydrogens (primary N) is 1. The summed E-state index contributed by atoms with van der Waals surface area (Å²) in [5.41, 5.74) is 5.30. The van der Waals surface area contributed by atoms with Gasteiger partial charge in [-0.25, -0.2) is 8.78 Å². The average Bonchev–Trinajstić information content (AvgIpc) is 1.88. The molecule has 0 aliphatic rings. The summed E-state index contributed by atoms with van der Waals surface area (Å²) >= 11 is 0. The third-order valence-electron chi connectivity index (χ3n) is 1.73. The van der Waals surface area contributed by atoms with Crippen LogP contribution in [0.25, 0.3) is 0 Å². The Morgan fingerprint density at radius 3 is 2.18 bits per heavy atom. The summed E-state index contributed by atoms with van der Waals surface area (Å²) in [5.74, 6) is -2.66. The van der Waals surface area contributed by atoms with Crippen molar-refractivity contribution < 1.29 is 8.78 Å². The van der Waals surface area contributed by atoms with E-state index in [4.69, 9.17) is 5.73 Å². The summed E-state index contributed by atoms with van der Waals surface area (Å²) in [6.07, 6.45) is 1.53. The monoisotopic (exact) mass is 165 g/mol. The first kappa shape index (κ1) is 10.8. The summed E-state index contributed by atoms with van der Waals surface area (Å²) < 4.78 is 25.8. The van der Waals surface area contributed by atoms with Gasteiger partial charge >= 0.3 is 0 Å². The Kier molecular flexibility index (Phi) is 4.57. The number of halogens is 2. The average molecular weight is 165 g/mol. The van der Waals surface area contributed by atoms with Crippen LogP contribution < -0.4 is 5.73 Å². The van der Waals surface area contributed by atoms with Crippen LogP contribution in [0.15, 0.2) is 0 Å². The van der Waals surface area contributed by atoms with E-state index in [0.29, 0.717) is 12.8 Å². The Morgan fingerprint density at radius 1 is 1.27 bits per heavy atom. The van der Waals surface area contributed by atoms with E-state index in [1.54, 1.807) is 6.92 Å². The van der Waals surface area contributed by atoms with Gasteiger partial charge in [-0.15, -0.1) is 0 Å². The third-order valence-corrected chi connectivity index (χ3v) is 1.73. The molecule has 0 aromatic rings. The molecule has 0 aromatic carbocycles. The molecule has 0 aliphatic heterocycles. The lowest BCUT2D eigenvalue weighted by molar-refractivity contribution is -0.0359. The maximum absolute atomic E-state index is 12.9. The number of hydrogen-bond donors (Lipinski definition) is 1. The fourth-order valence-corrected chi connectivity index (χ4v) is 1.04. The first-order valence-electron chi connectivity index (χ1n) is 4.18. The molecular formula is C8H17F2N. The van der Waals surface area contributed by atoms with Crippen LogP contribution in [-0.4, -0.2) is 12.0 Å². The van der Waals surface area contributed by atoms with Crippen molar-refractivity contribution in [2.75, 3.05) is 0 Å². The molecule has 3 heteroatoms. The van der Waals surface area contributed by atoms with Gasteiger partial charge in [-0.1, -0.05) is 26.7 Å². The zero-order valence-corrected chi connectivity index (χ0v) is 7.24. The number of alkyl halides is 2. The molecule has 0 heterocycles. The van der Waals surface area contributed by atoms with Gasteiger partial charge in [-0.3, -0.25) is 0 Å². The van der Waals surface area contributed by atoms with Gasteiger partial charge < -0.3 is 5.73 Å². The van der Waals surface area contributed by atoms with Crippen LogP contribution in [0.3, 0.4) is 0 Å². The quantitative estimate of drug-likeness (QED) is 0.665. The van der Waals surface area contributed by atoms with E-state index in [9.17, 15) is 8.78 Å². The summed E-state index contributed by atoms with van der Waals surface area (Å²) in [5, 5.41) is 0. The summed E-state index contributed by atoms with van der Waals surface area (Å²) in [4.78, 5) is 0. The maximum atomic E-state index is 12.9. The Hall–Kier alpha value is -0.180. The van der Waals surface area contributed by atoms with Crippen molar-refractivity contribution in [1.29, 1.82) is 0 Å². The van der Waals surface area contributed by atoms with Crippen molar-refractivity contribution in [2.45, 2.75) is 51.5 Å². The van der Waals surface area contributed by atoms with Gasteiger partial charge in [0.25, 0.3) is 5.92 Å². The second-order valence-electron chi connectivity index (χ2n) is 2.91. The van der Waals surface area contributed by atoms with Gasteiger partial charge in [0, 0.05) is 6.42 Å². The highest BCUT2D eigenvalue weighted by Gasteiger charge is 2.34. The predicted octanol–water partition coefficient (Wildman–Crippen LogP) is 2.55. The minimum Gasteiger partial charge on any atom is -0.323 e. The van der Waals surface area contributed by atoms with E-state index >= 15 is 0 Å². The highest BCUT2D eigenvalue weighted by atomic mass is 19.3. The van der Waals surface area contributed by atoms with Crippen molar-refractivity contribution in [3.63, 3.8) is 0 Å². The first-order chi connectivity index (χ1) is 5.04. The van der Waals surface area contributed by atoms with Crippen LogP contribution >= 0.6 is 0 Å². The second-order valence-corrected chi connectivity index (χ2v) is 2.91. The van der Waals surface area contributed by atoms with Crippen LogP contribution in [0.5, 0.6) is 0 Å². The SMILES string of the molecule is CCCC(N)C(F)(F)CCC. The van der Waals surface area contributed by atoms with Crippen molar-refractivity contribution in [3.05, 3.63) is 0 Å². The number of rotatable bonds is 5. The molecule has 0 bridgehead atoms. The molecular weight excluding hydrogens is 148 g/mol. The Labute approximate surface area is 67.0 Å². The summed E-state index contributed by atoms with van der Waals surface area (Å²) in [7, 11) is 0. The Bertz CT molecular complexity index is 104. The van der Waals surface area contributed by atoms with Gasteiger partial charge in [-0.05, 0) is 6.42 Å². The van der Waals surface area contributed by atoms with Crippen molar-refractivity contribution in [2.24, 2.45) is 5.73 Å². The first-order valence-corrected chi connectivity index (χ1v) is 4.18. The van der Waals surface area contributed by atoms with E-state index in [2.05, 4.69) is 0 Å². The molecule has 0 aromatic heterocycles. The molecule has 0 amide bonds. The fourth-order valence-electron chi connectivity index (χ4n) is 1.04. The zero-order valence-electron chi connectivity index (χ0n) is 7.24. The molecule has 2 N–H and O–H groups in total. The van der Waals surface area contributed by atoms with Crippen LogP contribution in [0, 0.1) is 0 Å². The van der Waals surface area contributed by atoms with Crippen LogP contribution in [0.1, 0.15) is 39.5 Å². The molecule has 0 saturated carbocycles. The fraction of sp³-hybridized carbons (Fsp3) is 1.00. The molecule has 11 heavy (non-hydrogen) atoms. The lowest BCUT2D eigenvalue weighted by Gasteiger charge is -2.22. The van der Waals surface area contributed by atoms with E-state index in [-0.39, 0.29) is 6.42 Å². The maximum Gasteiger partial charge on any atom is 0.262 e. The van der Waals surface area contributed by atoms with Crippen molar-refractivity contribution in [3.8, 4) is 0 Å². The molecule has 1 unspecified atom stereocenters. The van der Waals surface area contributed by atoms with E-state index in [1.165, 1.54) is 0 Å². The highest BCUT2D eigenvalue weighted by molar-refractivity contribution is 4.79. The van der Waals surface area contributed by atoms with Crippen LogP contribution in [0.4, 0.5) is 8.78 Å². The smallest absolute Gasteiger partial charge is 0.262 e. The largest absolute Gasteiger partial charge is 0.323 e. The summed E-state index contributed by atoms with van der Waals surface area (Å²) in [6.45, 7) is 3.61. The van der Waals surface area contributed by atoms with E-state index < -0.39 is 12.0 Å². The van der Waals surface area contributed by atoms with Gasteiger partial charge in [0.15, 0.2) is 0 Å². The predicted molar refractivity (Wildman–Crippen MR) is 42.7 cm³/mol. The lowest BCUT2D eigenvalue weighted by Crippen LogP contribution is -2.40.